The Labute approximate surface area is 70.8 Å². The van der Waals surface area contributed by atoms with Gasteiger partial charge in [-0.25, -0.2) is 0 Å². The number of hydrogen-bond donors (Lipinski definition) is 1. The maximum absolute atomic E-state index is 3.35. The van der Waals surface area contributed by atoms with Gasteiger partial charge in [0.05, 0.1) is 0 Å². The van der Waals surface area contributed by atoms with Gasteiger partial charge in [-0.05, 0) is 13.3 Å². The van der Waals surface area contributed by atoms with E-state index in [0.717, 1.165) is 13.1 Å². The minimum absolute atomic E-state index is 0. The number of piperazine rings is 1. The molecule has 0 aromatic rings. The molecule has 66 valence electrons. The summed E-state index contributed by atoms with van der Waals surface area (Å²) < 4.78 is 0. The van der Waals surface area contributed by atoms with Gasteiger partial charge in [0.15, 0.2) is 0 Å². The van der Waals surface area contributed by atoms with Crippen LogP contribution in [0.3, 0.4) is 0 Å². The van der Waals surface area contributed by atoms with Gasteiger partial charge < -0.3 is 10.2 Å². The Morgan fingerprint density at radius 1 is 1.45 bits per heavy atom. The number of hydrogen-bond acceptors (Lipinski definition) is 2. The molecule has 1 fully saturated rings. The third-order valence-electron chi connectivity index (χ3n) is 2.06. The van der Waals surface area contributed by atoms with Gasteiger partial charge in [0, 0.05) is 34.2 Å². The molecule has 0 aromatic carbocycles. The number of nitrogens with one attached hydrogen (secondary N) is 1. The molecule has 1 aliphatic rings. The molecule has 1 heterocycles. The molecule has 1 saturated heterocycles. The molecule has 0 aromatic heterocycles. The molecule has 0 bridgehead atoms. The highest BCUT2D eigenvalue weighted by Gasteiger charge is 2.06. The Balaban J connectivity index is 0.00000121. The van der Waals surface area contributed by atoms with Gasteiger partial charge in [0.2, 0.25) is 0 Å². The zero-order valence-corrected chi connectivity index (χ0v) is 7.34. The molecule has 11 heavy (non-hydrogen) atoms. The highest BCUT2D eigenvalue weighted by atomic mass is 15.2. The number of allylic oxidation sites excluding steroid dienone is 1. The summed E-state index contributed by atoms with van der Waals surface area (Å²) in [6, 6.07) is 0. The van der Waals surface area contributed by atoms with Gasteiger partial charge in [-0.2, -0.15) is 0 Å². The monoisotopic (exact) mass is 156 g/mol. The lowest BCUT2D eigenvalue weighted by atomic mass is 10.3. The Hall–Kier alpha value is -0.340. The van der Waals surface area contributed by atoms with Crippen LogP contribution in [0.4, 0.5) is 0 Å². The molecule has 1 rings (SSSR count). The molecule has 2 heteroatoms. The topological polar surface area (TPSA) is 15.3 Å². The molecule has 0 saturated carbocycles. The van der Waals surface area contributed by atoms with Crippen molar-refractivity contribution < 1.29 is 1.43 Å². The van der Waals surface area contributed by atoms with Crippen molar-refractivity contribution in [3.8, 4) is 0 Å². The maximum atomic E-state index is 3.35. The predicted molar refractivity (Wildman–Crippen MR) is 50.9 cm³/mol. The minimum Gasteiger partial charge on any atom is -0.314 e. The molecule has 0 unspecified atom stereocenters. The summed E-state index contributed by atoms with van der Waals surface area (Å²) in [7, 11) is 0. The summed E-state index contributed by atoms with van der Waals surface area (Å²) in [5.74, 6) is 0. The van der Waals surface area contributed by atoms with Crippen molar-refractivity contribution in [1.82, 2.24) is 10.2 Å². The highest BCUT2D eigenvalue weighted by Crippen LogP contribution is 1.94. The average Bonchev–Trinajstić information content (AvgIpc) is 2.07. The van der Waals surface area contributed by atoms with Crippen LogP contribution in [0.25, 0.3) is 0 Å². The first kappa shape index (κ1) is 8.75. The van der Waals surface area contributed by atoms with Gasteiger partial charge in [0.25, 0.3) is 0 Å². The molecule has 2 nitrogen and oxygen atoms in total. The van der Waals surface area contributed by atoms with E-state index in [9.17, 15) is 0 Å². The van der Waals surface area contributed by atoms with E-state index < -0.39 is 0 Å². The van der Waals surface area contributed by atoms with Crippen molar-refractivity contribution in [3.63, 3.8) is 0 Å². The minimum atomic E-state index is 0. The van der Waals surface area contributed by atoms with Gasteiger partial charge in [-0.15, -0.1) is 0 Å². The van der Waals surface area contributed by atoms with Crippen LogP contribution in [0.5, 0.6) is 0 Å². The second-order valence-electron chi connectivity index (χ2n) is 2.95. The maximum Gasteiger partial charge on any atom is 0.0107 e. The van der Waals surface area contributed by atoms with E-state index in [-0.39, 0.29) is 1.43 Å². The van der Waals surface area contributed by atoms with Crippen molar-refractivity contribution in [3.05, 3.63) is 12.2 Å². The first-order valence-electron chi connectivity index (χ1n) is 4.47. The fourth-order valence-electron chi connectivity index (χ4n) is 1.36. The summed E-state index contributed by atoms with van der Waals surface area (Å²) in [5, 5.41) is 3.35. The summed E-state index contributed by atoms with van der Waals surface area (Å²) in [5.41, 5.74) is 0. The van der Waals surface area contributed by atoms with Crippen LogP contribution in [-0.4, -0.2) is 37.6 Å². The molecule has 0 aliphatic carbocycles. The van der Waals surface area contributed by atoms with Crippen LogP contribution in [0.1, 0.15) is 14.8 Å². The fraction of sp³-hybridized carbons (Fsp3) is 0.778. The molecule has 0 atom stereocenters. The second-order valence-corrected chi connectivity index (χ2v) is 2.95. The third-order valence-corrected chi connectivity index (χ3v) is 2.06. The highest BCUT2D eigenvalue weighted by molar-refractivity contribution is 4.79. The summed E-state index contributed by atoms with van der Waals surface area (Å²) in [6.45, 7) is 8.07. The lowest BCUT2D eigenvalue weighted by Gasteiger charge is -2.26. The van der Waals surface area contributed by atoms with E-state index in [2.05, 4.69) is 29.3 Å². The smallest absolute Gasteiger partial charge is 0.0107 e. The Morgan fingerprint density at radius 2 is 2.18 bits per heavy atom. The summed E-state index contributed by atoms with van der Waals surface area (Å²) in [6.07, 6.45) is 5.57. The summed E-state index contributed by atoms with van der Waals surface area (Å²) >= 11 is 0. The first-order chi connectivity index (χ1) is 5.43. The zero-order chi connectivity index (χ0) is 7.94. The molecular weight excluding hydrogens is 136 g/mol. The lowest BCUT2D eigenvalue weighted by molar-refractivity contribution is 0.245. The summed E-state index contributed by atoms with van der Waals surface area (Å²) in [4.78, 5) is 2.51. The van der Waals surface area contributed by atoms with Crippen LogP contribution in [0, 0.1) is 0 Å². The second kappa shape index (κ2) is 5.33. The Kier molecular flexibility index (Phi) is 4.24. The van der Waals surface area contributed by atoms with Gasteiger partial charge in [-0.1, -0.05) is 12.2 Å². The van der Waals surface area contributed by atoms with E-state index in [4.69, 9.17) is 0 Å². The van der Waals surface area contributed by atoms with E-state index in [0.29, 0.717) is 0 Å². The van der Waals surface area contributed by atoms with E-state index in [1.807, 2.05) is 0 Å². The van der Waals surface area contributed by atoms with Crippen LogP contribution in [-0.2, 0) is 0 Å². The van der Waals surface area contributed by atoms with E-state index in [1.165, 1.54) is 26.1 Å². The SMILES string of the molecule is C/C=C/CCN1CCNCC1.[HH]. The predicted octanol–water partition coefficient (Wildman–Crippen LogP) is 1.10. The number of rotatable bonds is 3. The quantitative estimate of drug-likeness (QED) is 0.616. The van der Waals surface area contributed by atoms with E-state index >= 15 is 0 Å². The number of nitrogens with zero attached hydrogens (tertiary/aromatic N) is 1. The zero-order valence-electron chi connectivity index (χ0n) is 7.34. The van der Waals surface area contributed by atoms with Crippen molar-refractivity contribution >= 4 is 0 Å². The van der Waals surface area contributed by atoms with Gasteiger partial charge in [0.1, 0.15) is 0 Å². The van der Waals surface area contributed by atoms with Crippen LogP contribution >= 0.6 is 0 Å². The first-order valence-corrected chi connectivity index (χ1v) is 4.47. The Bertz CT molecular complexity index is 120. The molecule has 1 aliphatic heterocycles. The van der Waals surface area contributed by atoms with Gasteiger partial charge >= 0.3 is 0 Å². The largest absolute Gasteiger partial charge is 0.314 e. The van der Waals surface area contributed by atoms with Crippen molar-refractivity contribution in [2.45, 2.75) is 13.3 Å². The third kappa shape index (κ3) is 3.54. The molecule has 0 spiro atoms. The van der Waals surface area contributed by atoms with E-state index in [1.54, 1.807) is 0 Å². The van der Waals surface area contributed by atoms with Crippen molar-refractivity contribution in [1.29, 1.82) is 0 Å². The van der Waals surface area contributed by atoms with Crippen molar-refractivity contribution in [2.75, 3.05) is 32.7 Å². The van der Waals surface area contributed by atoms with Gasteiger partial charge in [-0.3, -0.25) is 0 Å². The fourth-order valence-corrected chi connectivity index (χ4v) is 1.36. The Morgan fingerprint density at radius 3 is 2.82 bits per heavy atom. The van der Waals surface area contributed by atoms with Crippen molar-refractivity contribution in [2.24, 2.45) is 0 Å². The van der Waals surface area contributed by atoms with Crippen LogP contribution in [0.2, 0.25) is 0 Å². The molecule has 0 radical (unpaired) electrons. The molecular formula is C9H20N2. The standard InChI is InChI=1S/C9H18N2.H2/c1-2-3-4-7-11-8-5-10-6-9-11;/h2-3,10H,4-9H2,1H3;1H/b3-2+;. The normalized spacial score (nSPS) is 21.2. The lowest BCUT2D eigenvalue weighted by Crippen LogP contribution is -2.43. The molecule has 1 N–H and O–H groups in total. The average molecular weight is 156 g/mol. The van der Waals surface area contributed by atoms with Crippen LogP contribution < -0.4 is 5.32 Å². The molecule has 0 amide bonds. The van der Waals surface area contributed by atoms with Crippen LogP contribution in [0.15, 0.2) is 12.2 Å².